The fraction of sp³-hybridized carbons (Fsp3) is 1.00. The summed E-state index contributed by atoms with van der Waals surface area (Å²) < 4.78 is 4.93. The first-order chi connectivity index (χ1) is 4.48. The predicted octanol–water partition coefficient (Wildman–Crippen LogP) is 1.30. The van der Waals surface area contributed by atoms with Crippen molar-refractivity contribution >= 4 is 7.94 Å². The van der Waals surface area contributed by atoms with Crippen LogP contribution in [-0.2, 0) is 4.52 Å². The zero-order chi connectivity index (χ0) is 8.20. The molecule has 0 radical (unpaired) electrons. The maximum atomic E-state index is 9.16. The van der Waals surface area contributed by atoms with Crippen molar-refractivity contribution in [2.24, 2.45) is 0 Å². The van der Waals surface area contributed by atoms with Gasteiger partial charge in [0.05, 0.1) is 0 Å². The van der Waals surface area contributed by atoms with Gasteiger partial charge in [-0.1, -0.05) is 0 Å². The molecule has 0 bridgehead atoms. The van der Waals surface area contributed by atoms with Crippen LogP contribution < -0.4 is 0 Å². The molecular formula is C6H17O3P. The average Bonchev–Trinajstić information content (AvgIpc) is 1.59. The van der Waals surface area contributed by atoms with Gasteiger partial charge in [-0.25, -0.2) is 0 Å². The van der Waals surface area contributed by atoms with Gasteiger partial charge in [0.15, 0.2) is 0 Å². The molecule has 0 unspecified atom stereocenters. The molecule has 0 aromatic rings. The van der Waals surface area contributed by atoms with Gasteiger partial charge in [0.25, 0.3) is 0 Å². The van der Waals surface area contributed by atoms with E-state index in [4.69, 9.17) is 14.3 Å². The first-order valence-corrected chi connectivity index (χ1v) is 5.61. The van der Waals surface area contributed by atoms with Crippen LogP contribution in [0.2, 0.25) is 0 Å². The van der Waals surface area contributed by atoms with Gasteiger partial charge in [-0.05, 0) is 0 Å². The third-order valence-electron chi connectivity index (χ3n) is 1.00. The van der Waals surface area contributed by atoms with Crippen molar-refractivity contribution in [1.29, 1.82) is 0 Å². The van der Waals surface area contributed by atoms with Crippen LogP contribution in [0.5, 0.6) is 0 Å². The Morgan fingerprint density at radius 3 is 2.20 bits per heavy atom. The van der Waals surface area contributed by atoms with Crippen LogP contribution in [0.25, 0.3) is 0 Å². The van der Waals surface area contributed by atoms with Crippen molar-refractivity contribution < 1.29 is 14.3 Å². The fourth-order valence-corrected chi connectivity index (χ4v) is 2.29. The van der Waals surface area contributed by atoms with E-state index in [9.17, 15) is 0 Å². The molecule has 0 aliphatic carbocycles. The molecule has 3 nitrogen and oxygen atoms in total. The van der Waals surface area contributed by atoms with Gasteiger partial charge in [-0.15, -0.1) is 0 Å². The SMILES string of the molecule is CCC[PH](O)(O)OC(C)C. The molecule has 0 spiro atoms. The van der Waals surface area contributed by atoms with Crippen molar-refractivity contribution in [2.45, 2.75) is 33.3 Å². The Morgan fingerprint density at radius 1 is 1.40 bits per heavy atom. The standard InChI is InChI=1S/C6H17O3P/c1-4-5-10(7,8)9-6(2)3/h6-8,10H,4-5H2,1-3H3. The number of hydrogen-bond acceptors (Lipinski definition) is 3. The van der Waals surface area contributed by atoms with Crippen LogP contribution in [0, 0.1) is 0 Å². The molecule has 64 valence electrons. The summed E-state index contributed by atoms with van der Waals surface area (Å²) in [6, 6.07) is 0. The molecule has 0 aromatic heterocycles. The van der Waals surface area contributed by atoms with Crippen LogP contribution in [-0.4, -0.2) is 22.1 Å². The van der Waals surface area contributed by atoms with E-state index < -0.39 is 7.94 Å². The van der Waals surface area contributed by atoms with E-state index in [1.807, 2.05) is 6.92 Å². The molecule has 0 saturated carbocycles. The third kappa shape index (κ3) is 5.12. The zero-order valence-corrected chi connectivity index (χ0v) is 7.79. The van der Waals surface area contributed by atoms with Crippen LogP contribution in [0.3, 0.4) is 0 Å². The fourth-order valence-electron chi connectivity index (χ4n) is 0.762. The minimum absolute atomic E-state index is 0.0896. The molecule has 0 aromatic carbocycles. The van der Waals surface area contributed by atoms with Crippen molar-refractivity contribution in [3.05, 3.63) is 0 Å². The molecule has 2 N–H and O–H groups in total. The minimum atomic E-state index is -3.27. The van der Waals surface area contributed by atoms with Gasteiger partial charge >= 0.3 is 61.7 Å². The van der Waals surface area contributed by atoms with Crippen LogP contribution in [0.1, 0.15) is 27.2 Å². The van der Waals surface area contributed by atoms with E-state index in [1.54, 1.807) is 13.8 Å². The van der Waals surface area contributed by atoms with E-state index in [0.717, 1.165) is 6.42 Å². The van der Waals surface area contributed by atoms with E-state index in [1.165, 1.54) is 0 Å². The molecule has 0 fully saturated rings. The summed E-state index contributed by atoms with van der Waals surface area (Å²) in [7, 11) is -3.27. The van der Waals surface area contributed by atoms with E-state index in [-0.39, 0.29) is 6.10 Å². The summed E-state index contributed by atoms with van der Waals surface area (Å²) in [5, 5.41) is 0. The molecule has 4 heteroatoms. The topological polar surface area (TPSA) is 49.7 Å². The quantitative estimate of drug-likeness (QED) is 0.622. The van der Waals surface area contributed by atoms with Crippen molar-refractivity contribution in [2.75, 3.05) is 6.16 Å². The first-order valence-electron chi connectivity index (χ1n) is 3.60. The second kappa shape index (κ2) is 4.24. The molecule has 0 atom stereocenters. The monoisotopic (exact) mass is 168 g/mol. The Kier molecular flexibility index (Phi) is 4.37. The van der Waals surface area contributed by atoms with Crippen LogP contribution >= 0.6 is 7.94 Å². The van der Waals surface area contributed by atoms with Crippen LogP contribution in [0.15, 0.2) is 0 Å². The summed E-state index contributed by atoms with van der Waals surface area (Å²) in [4.78, 5) is 18.3. The summed E-state index contributed by atoms with van der Waals surface area (Å²) in [5.41, 5.74) is 0. The zero-order valence-electron chi connectivity index (χ0n) is 6.79. The Morgan fingerprint density at radius 2 is 1.90 bits per heavy atom. The Labute approximate surface area is 62.6 Å². The summed E-state index contributed by atoms with van der Waals surface area (Å²) >= 11 is 0. The number of hydrogen-bond donors (Lipinski definition) is 2. The van der Waals surface area contributed by atoms with Crippen LogP contribution in [0.4, 0.5) is 0 Å². The van der Waals surface area contributed by atoms with Crippen molar-refractivity contribution in [1.82, 2.24) is 0 Å². The van der Waals surface area contributed by atoms with Gasteiger partial charge in [0, 0.05) is 0 Å². The van der Waals surface area contributed by atoms with Gasteiger partial charge < -0.3 is 0 Å². The Bertz CT molecular complexity index is 93.0. The Hall–Kier alpha value is 0.310. The summed E-state index contributed by atoms with van der Waals surface area (Å²) in [5.74, 6) is 0. The molecule has 0 amide bonds. The third-order valence-corrected chi connectivity index (χ3v) is 3.00. The molecular weight excluding hydrogens is 151 g/mol. The second-order valence-corrected chi connectivity index (χ2v) is 4.88. The summed E-state index contributed by atoms with van der Waals surface area (Å²) in [6.45, 7) is 5.49. The normalized spacial score (nSPS) is 14.2. The second-order valence-electron chi connectivity index (χ2n) is 2.66. The van der Waals surface area contributed by atoms with Gasteiger partial charge in [-0.2, -0.15) is 0 Å². The molecule has 0 aliphatic rings. The molecule has 0 saturated heterocycles. The predicted molar refractivity (Wildman–Crippen MR) is 44.1 cm³/mol. The first kappa shape index (κ1) is 10.3. The van der Waals surface area contributed by atoms with Gasteiger partial charge in [0.2, 0.25) is 0 Å². The van der Waals surface area contributed by atoms with E-state index in [2.05, 4.69) is 0 Å². The van der Waals surface area contributed by atoms with Crippen molar-refractivity contribution in [3.8, 4) is 0 Å². The molecule has 0 rings (SSSR count). The maximum absolute atomic E-state index is 9.16. The number of rotatable bonds is 4. The van der Waals surface area contributed by atoms with E-state index >= 15 is 0 Å². The van der Waals surface area contributed by atoms with E-state index in [0.29, 0.717) is 6.16 Å². The molecule has 10 heavy (non-hydrogen) atoms. The Balaban J connectivity index is 3.63. The molecule has 0 heterocycles. The molecule has 0 aliphatic heterocycles. The van der Waals surface area contributed by atoms with Gasteiger partial charge in [0.1, 0.15) is 0 Å². The summed E-state index contributed by atoms with van der Waals surface area (Å²) in [6.07, 6.45) is 1.06. The average molecular weight is 168 g/mol. The van der Waals surface area contributed by atoms with Gasteiger partial charge in [-0.3, -0.25) is 0 Å². The van der Waals surface area contributed by atoms with Crippen molar-refractivity contribution in [3.63, 3.8) is 0 Å².